The Morgan fingerprint density at radius 3 is 2.81 bits per heavy atom. The average Bonchev–Trinajstić information content (AvgIpc) is 2.49. The fraction of sp³-hybridized carbons (Fsp3) is 0.533. The minimum Gasteiger partial charge on any atom is -0.493 e. The molecule has 1 fully saturated rings. The second kappa shape index (κ2) is 7.28. The van der Waals surface area contributed by atoms with Crippen LogP contribution in [0, 0.1) is 0 Å². The largest absolute Gasteiger partial charge is 0.493 e. The Labute approximate surface area is 123 Å². The highest BCUT2D eigenvalue weighted by Gasteiger charge is 2.22. The van der Waals surface area contributed by atoms with Crippen molar-refractivity contribution in [1.82, 2.24) is 0 Å². The Morgan fingerprint density at radius 2 is 2.19 bits per heavy atom. The van der Waals surface area contributed by atoms with Crippen LogP contribution in [0.15, 0.2) is 18.2 Å². The van der Waals surface area contributed by atoms with Crippen molar-refractivity contribution in [3.8, 4) is 11.5 Å². The summed E-state index contributed by atoms with van der Waals surface area (Å²) < 4.78 is 16.7. The predicted molar refractivity (Wildman–Crippen MR) is 76.8 cm³/mol. The number of methoxy groups -OCH3 is 1. The van der Waals surface area contributed by atoms with E-state index in [0.717, 1.165) is 18.4 Å². The molecule has 0 radical (unpaired) electrons. The summed E-state index contributed by atoms with van der Waals surface area (Å²) in [5, 5.41) is 8.97. The van der Waals surface area contributed by atoms with Gasteiger partial charge in [-0.3, -0.25) is 4.79 Å². The Bertz CT molecular complexity index is 485. The molecule has 6 heteroatoms. The fourth-order valence-corrected chi connectivity index (χ4v) is 2.30. The molecule has 1 aromatic carbocycles. The van der Waals surface area contributed by atoms with E-state index in [1.165, 1.54) is 0 Å². The molecule has 6 nitrogen and oxygen atoms in total. The number of benzene rings is 1. The lowest BCUT2D eigenvalue weighted by Gasteiger charge is -2.26. The van der Waals surface area contributed by atoms with Gasteiger partial charge in [0.05, 0.1) is 20.3 Å². The summed E-state index contributed by atoms with van der Waals surface area (Å²) in [5.41, 5.74) is 6.37. The van der Waals surface area contributed by atoms with E-state index in [4.69, 9.17) is 25.1 Å². The average molecular weight is 295 g/mol. The number of rotatable bonds is 6. The summed E-state index contributed by atoms with van der Waals surface area (Å²) >= 11 is 0. The van der Waals surface area contributed by atoms with Crippen LogP contribution in [-0.4, -0.2) is 43.5 Å². The number of para-hydroxylation sites is 1. The third-order valence-electron chi connectivity index (χ3n) is 3.49. The third-order valence-corrected chi connectivity index (χ3v) is 3.49. The number of nitrogens with two attached hydrogens (primary N) is 1. The summed E-state index contributed by atoms with van der Waals surface area (Å²) in [6.45, 7) is 1.34. The molecule has 1 unspecified atom stereocenters. The second-order valence-electron chi connectivity index (χ2n) is 5.03. The van der Waals surface area contributed by atoms with Crippen LogP contribution in [-0.2, 0) is 16.0 Å². The van der Waals surface area contributed by atoms with E-state index in [2.05, 4.69) is 0 Å². The van der Waals surface area contributed by atoms with Crippen molar-refractivity contribution < 1.29 is 24.1 Å². The standard InChI is InChI=1S/C15H21NO5/c1-19-13-4-2-3-10(9-12(16)15(17)18)14(13)21-11-5-7-20-8-6-11/h2-4,11-12H,5-9,16H2,1H3,(H,17,18). The quantitative estimate of drug-likeness (QED) is 0.819. The molecule has 1 aliphatic rings. The van der Waals surface area contributed by atoms with Crippen molar-refractivity contribution in [2.45, 2.75) is 31.4 Å². The van der Waals surface area contributed by atoms with Crippen LogP contribution < -0.4 is 15.2 Å². The van der Waals surface area contributed by atoms with Crippen LogP contribution in [0.1, 0.15) is 18.4 Å². The molecule has 0 bridgehead atoms. The van der Waals surface area contributed by atoms with Crippen molar-refractivity contribution in [3.63, 3.8) is 0 Å². The minimum absolute atomic E-state index is 0.0508. The van der Waals surface area contributed by atoms with E-state index in [9.17, 15) is 4.79 Å². The predicted octanol–water partition coefficient (Wildman–Crippen LogP) is 1.21. The molecule has 0 amide bonds. The Morgan fingerprint density at radius 1 is 1.48 bits per heavy atom. The first-order valence-corrected chi connectivity index (χ1v) is 7.00. The molecule has 21 heavy (non-hydrogen) atoms. The fourth-order valence-electron chi connectivity index (χ4n) is 2.30. The topological polar surface area (TPSA) is 91.0 Å². The van der Waals surface area contributed by atoms with Gasteiger partial charge in [0.15, 0.2) is 11.5 Å². The third kappa shape index (κ3) is 4.09. The Balaban J connectivity index is 2.20. The molecule has 116 valence electrons. The first-order chi connectivity index (χ1) is 10.1. The van der Waals surface area contributed by atoms with Crippen molar-refractivity contribution in [2.75, 3.05) is 20.3 Å². The summed E-state index contributed by atoms with van der Waals surface area (Å²) in [7, 11) is 1.56. The summed E-state index contributed by atoms with van der Waals surface area (Å²) in [6, 6.07) is 4.46. The van der Waals surface area contributed by atoms with Gasteiger partial charge < -0.3 is 25.1 Å². The molecule has 1 saturated heterocycles. The van der Waals surface area contributed by atoms with Crippen molar-refractivity contribution >= 4 is 5.97 Å². The lowest BCUT2D eigenvalue weighted by molar-refractivity contribution is -0.138. The van der Waals surface area contributed by atoms with E-state index in [1.807, 2.05) is 6.07 Å². The van der Waals surface area contributed by atoms with Crippen molar-refractivity contribution in [3.05, 3.63) is 23.8 Å². The molecular weight excluding hydrogens is 274 g/mol. The highest BCUT2D eigenvalue weighted by atomic mass is 16.5. The molecule has 0 aliphatic carbocycles. The number of ether oxygens (including phenoxy) is 3. The molecule has 0 saturated carbocycles. The van der Waals surface area contributed by atoms with Crippen LogP contribution in [0.25, 0.3) is 0 Å². The number of carbonyl (C=O) groups is 1. The van der Waals surface area contributed by atoms with E-state index in [1.54, 1.807) is 19.2 Å². The second-order valence-corrected chi connectivity index (χ2v) is 5.03. The van der Waals surface area contributed by atoms with Gasteiger partial charge in [-0.15, -0.1) is 0 Å². The van der Waals surface area contributed by atoms with Gasteiger partial charge in [-0.2, -0.15) is 0 Å². The van der Waals surface area contributed by atoms with Crippen LogP contribution in [0.3, 0.4) is 0 Å². The van der Waals surface area contributed by atoms with Gasteiger partial charge in [-0.1, -0.05) is 12.1 Å². The van der Waals surface area contributed by atoms with Gasteiger partial charge >= 0.3 is 5.97 Å². The summed E-state index contributed by atoms with van der Waals surface area (Å²) in [6.07, 6.45) is 1.87. The summed E-state index contributed by atoms with van der Waals surface area (Å²) in [5.74, 6) is 0.148. The number of carboxylic acid groups (broad SMARTS) is 1. The van der Waals surface area contributed by atoms with E-state index in [-0.39, 0.29) is 12.5 Å². The summed E-state index contributed by atoms with van der Waals surface area (Å²) in [4.78, 5) is 10.9. The van der Waals surface area contributed by atoms with Gasteiger partial charge in [0.25, 0.3) is 0 Å². The van der Waals surface area contributed by atoms with Crippen molar-refractivity contribution in [2.24, 2.45) is 5.73 Å². The zero-order valence-electron chi connectivity index (χ0n) is 12.1. The first kappa shape index (κ1) is 15.6. The van der Waals surface area contributed by atoms with E-state index >= 15 is 0 Å². The Hall–Kier alpha value is -1.79. The van der Waals surface area contributed by atoms with Gasteiger partial charge in [0.1, 0.15) is 12.1 Å². The maximum Gasteiger partial charge on any atom is 0.320 e. The van der Waals surface area contributed by atoms with Gasteiger partial charge in [0.2, 0.25) is 0 Å². The maximum absolute atomic E-state index is 10.9. The normalized spacial score (nSPS) is 17.2. The van der Waals surface area contributed by atoms with Crippen molar-refractivity contribution in [1.29, 1.82) is 0 Å². The lowest BCUT2D eigenvalue weighted by atomic mass is 10.0. The molecule has 3 N–H and O–H groups in total. The van der Waals surface area contributed by atoms with Crippen LogP contribution in [0.4, 0.5) is 0 Å². The number of carboxylic acids is 1. The number of hydrogen-bond acceptors (Lipinski definition) is 5. The van der Waals surface area contributed by atoms with E-state index in [0.29, 0.717) is 24.7 Å². The SMILES string of the molecule is COc1cccc(CC(N)C(=O)O)c1OC1CCOCC1. The Kier molecular flexibility index (Phi) is 5.41. The van der Waals surface area contributed by atoms with Gasteiger partial charge in [-0.05, 0) is 6.07 Å². The zero-order chi connectivity index (χ0) is 15.2. The van der Waals surface area contributed by atoms with Gasteiger partial charge in [-0.25, -0.2) is 0 Å². The molecule has 2 rings (SSSR count). The highest BCUT2D eigenvalue weighted by molar-refractivity contribution is 5.73. The molecule has 1 heterocycles. The monoisotopic (exact) mass is 295 g/mol. The van der Waals surface area contributed by atoms with Crippen LogP contribution in [0.5, 0.6) is 11.5 Å². The molecule has 1 aliphatic heterocycles. The lowest BCUT2D eigenvalue weighted by Crippen LogP contribution is -2.33. The maximum atomic E-state index is 10.9. The van der Waals surface area contributed by atoms with Crippen LogP contribution in [0.2, 0.25) is 0 Å². The molecule has 1 aromatic rings. The smallest absolute Gasteiger partial charge is 0.320 e. The number of hydrogen-bond donors (Lipinski definition) is 2. The highest BCUT2D eigenvalue weighted by Crippen LogP contribution is 2.34. The molecule has 0 aromatic heterocycles. The number of aliphatic carboxylic acids is 1. The minimum atomic E-state index is -1.03. The van der Waals surface area contributed by atoms with Gasteiger partial charge in [0, 0.05) is 24.8 Å². The molecular formula is C15H21NO5. The first-order valence-electron chi connectivity index (χ1n) is 7.00. The van der Waals surface area contributed by atoms with E-state index < -0.39 is 12.0 Å². The zero-order valence-corrected chi connectivity index (χ0v) is 12.1. The molecule has 0 spiro atoms. The van der Waals surface area contributed by atoms with Crippen LogP contribution >= 0.6 is 0 Å². The molecule has 1 atom stereocenters.